The molecule has 0 spiro atoms. The molecule has 0 saturated carbocycles. The lowest BCUT2D eigenvalue weighted by Crippen LogP contribution is -2.26. The van der Waals surface area contributed by atoms with Gasteiger partial charge in [-0.2, -0.15) is 0 Å². The van der Waals surface area contributed by atoms with E-state index in [0.717, 1.165) is 29.2 Å². The number of fused-ring (bicyclic) bond motifs is 1. The summed E-state index contributed by atoms with van der Waals surface area (Å²) in [5.41, 5.74) is 9.19. The molecule has 0 aromatic heterocycles. The van der Waals surface area contributed by atoms with Crippen LogP contribution in [-0.4, -0.2) is 19.0 Å². The zero-order chi connectivity index (χ0) is 14.9. The maximum absolute atomic E-state index is 12.0. The van der Waals surface area contributed by atoms with E-state index in [9.17, 15) is 4.79 Å². The average Bonchev–Trinajstić information content (AvgIpc) is 2.51. The predicted octanol–water partition coefficient (Wildman–Crippen LogP) is 3.59. The van der Waals surface area contributed by atoms with E-state index in [-0.39, 0.29) is 5.91 Å². The van der Waals surface area contributed by atoms with Crippen LogP contribution in [0, 0.1) is 0 Å². The topological polar surface area (TPSA) is 77.9 Å². The molecule has 0 aliphatic carbocycles. The van der Waals surface area contributed by atoms with Crippen molar-refractivity contribution in [2.24, 2.45) is 5.11 Å². The van der Waals surface area contributed by atoms with Crippen molar-refractivity contribution in [1.29, 1.82) is 0 Å². The molecule has 1 amide bonds. The molecule has 5 heteroatoms. The molecule has 0 aliphatic heterocycles. The first kappa shape index (κ1) is 14.9. The van der Waals surface area contributed by atoms with E-state index < -0.39 is 0 Å². The molecule has 0 heterocycles. The molecule has 1 N–H and O–H groups in total. The van der Waals surface area contributed by atoms with Crippen LogP contribution in [0.5, 0.6) is 0 Å². The van der Waals surface area contributed by atoms with Gasteiger partial charge in [-0.15, -0.1) is 0 Å². The van der Waals surface area contributed by atoms with E-state index in [0.29, 0.717) is 19.5 Å². The van der Waals surface area contributed by atoms with Gasteiger partial charge in [0, 0.05) is 18.0 Å². The highest BCUT2D eigenvalue weighted by Crippen LogP contribution is 2.18. The third-order valence-corrected chi connectivity index (χ3v) is 3.30. The van der Waals surface area contributed by atoms with Crippen LogP contribution in [0.1, 0.15) is 18.4 Å². The number of hydrogen-bond acceptors (Lipinski definition) is 2. The Kier molecular flexibility index (Phi) is 5.61. The van der Waals surface area contributed by atoms with Crippen molar-refractivity contribution in [3.05, 3.63) is 58.5 Å². The molecule has 0 fully saturated rings. The number of hydrogen-bond donors (Lipinski definition) is 1. The van der Waals surface area contributed by atoms with Crippen LogP contribution in [0.15, 0.2) is 47.6 Å². The van der Waals surface area contributed by atoms with Crippen LogP contribution in [0.3, 0.4) is 0 Å². The van der Waals surface area contributed by atoms with Crippen LogP contribution in [-0.2, 0) is 11.2 Å². The minimum Gasteiger partial charge on any atom is -0.356 e. The summed E-state index contributed by atoms with van der Waals surface area (Å²) < 4.78 is 0. The van der Waals surface area contributed by atoms with Crippen molar-refractivity contribution < 1.29 is 4.79 Å². The molecule has 0 radical (unpaired) electrons. The van der Waals surface area contributed by atoms with Gasteiger partial charge in [0.25, 0.3) is 0 Å². The summed E-state index contributed by atoms with van der Waals surface area (Å²) in [6.07, 6.45) is 2.00. The molecule has 0 unspecified atom stereocenters. The second-order valence-corrected chi connectivity index (χ2v) is 4.83. The van der Waals surface area contributed by atoms with Gasteiger partial charge in [-0.05, 0) is 34.7 Å². The Morgan fingerprint density at radius 1 is 1.14 bits per heavy atom. The zero-order valence-corrected chi connectivity index (χ0v) is 11.8. The highest BCUT2D eigenvalue weighted by atomic mass is 16.1. The number of carbonyl (C=O) groups excluding carboxylic acids is 1. The second kappa shape index (κ2) is 7.92. The van der Waals surface area contributed by atoms with Crippen molar-refractivity contribution in [2.45, 2.75) is 19.3 Å². The number of nitrogens with one attached hydrogen (secondary N) is 1. The van der Waals surface area contributed by atoms with Crippen LogP contribution < -0.4 is 5.32 Å². The van der Waals surface area contributed by atoms with Crippen LogP contribution in [0.25, 0.3) is 21.2 Å². The molecule has 0 aliphatic rings. The van der Waals surface area contributed by atoms with Gasteiger partial charge in [-0.3, -0.25) is 4.79 Å². The Morgan fingerprint density at radius 2 is 1.95 bits per heavy atom. The molecule has 0 bridgehead atoms. The van der Waals surface area contributed by atoms with Crippen molar-refractivity contribution in [3.8, 4) is 0 Å². The minimum absolute atomic E-state index is 0.0233. The molecule has 0 atom stereocenters. The summed E-state index contributed by atoms with van der Waals surface area (Å²) in [7, 11) is 0. The lowest BCUT2D eigenvalue weighted by molar-refractivity contribution is -0.120. The summed E-state index contributed by atoms with van der Waals surface area (Å²) in [6.45, 7) is 1.10. The van der Waals surface area contributed by atoms with Crippen LogP contribution in [0.2, 0.25) is 0 Å². The number of benzene rings is 2. The maximum atomic E-state index is 12.0. The smallest absolute Gasteiger partial charge is 0.224 e. The van der Waals surface area contributed by atoms with Gasteiger partial charge in [0.15, 0.2) is 0 Å². The van der Waals surface area contributed by atoms with E-state index in [1.165, 1.54) is 0 Å². The number of rotatable bonds is 7. The first-order valence-corrected chi connectivity index (χ1v) is 7.05. The van der Waals surface area contributed by atoms with E-state index in [2.05, 4.69) is 15.3 Å². The highest BCUT2D eigenvalue weighted by molar-refractivity contribution is 5.90. The predicted molar refractivity (Wildman–Crippen MR) is 83.9 cm³/mol. The summed E-state index contributed by atoms with van der Waals surface area (Å²) in [6, 6.07) is 14.1. The molecule has 2 aromatic carbocycles. The number of azide groups is 1. The van der Waals surface area contributed by atoms with Gasteiger partial charge in [0.1, 0.15) is 0 Å². The quantitative estimate of drug-likeness (QED) is 0.358. The van der Waals surface area contributed by atoms with Gasteiger partial charge in [-0.25, -0.2) is 0 Å². The first-order valence-electron chi connectivity index (χ1n) is 7.05. The lowest BCUT2D eigenvalue weighted by atomic mass is 10.0. The molecular weight excluding hydrogens is 264 g/mol. The fourth-order valence-corrected chi connectivity index (χ4v) is 2.26. The average molecular weight is 282 g/mol. The monoisotopic (exact) mass is 282 g/mol. The Balaban J connectivity index is 1.85. The lowest BCUT2D eigenvalue weighted by Gasteiger charge is -2.07. The Hall–Kier alpha value is -2.52. The third-order valence-electron chi connectivity index (χ3n) is 3.30. The summed E-state index contributed by atoms with van der Waals surface area (Å²) in [5.74, 6) is 0.0233. The van der Waals surface area contributed by atoms with Gasteiger partial charge in [-0.1, -0.05) is 47.6 Å². The Bertz CT molecular complexity index is 657. The number of amides is 1. The Morgan fingerprint density at radius 3 is 2.81 bits per heavy atom. The number of unbranched alkanes of at least 4 members (excludes halogenated alkanes) is 1. The molecule has 2 aromatic rings. The van der Waals surface area contributed by atoms with Crippen LogP contribution >= 0.6 is 0 Å². The van der Waals surface area contributed by atoms with Gasteiger partial charge < -0.3 is 5.32 Å². The fourth-order valence-electron chi connectivity index (χ4n) is 2.26. The third kappa shape index (κ3) is 4.51. The van der Waals surface area contributed by atoms with Crippen molar-refractivity contribution in [3.63, 3.8) is 0 Å². The molecular formula is C16H18N4O. The van der Waals surface area contributed by atoms with E-state index in [1.807, 2.05) is 42.5 Å². The van der Waals surface area contributed by atoms with E-state index >= 15 is 0 Å². The van der Waals surface area contributed by atoms with E-state index in [1.54, 1.807) is 0 Å². The largest absolute Gasteiger partial charge is 0.356 e. The first-order chi connectivity index (χ1) is 10.3. The summed E-state index contributed by atoms with van der Waals surface area (Å²) in [5, 5.41) is 8.63. The van der Waals surface area contributed by atoms with Gasteiger partial charge >= 0.3 is 0 Å². The molecule has 5 nitrogen and oxygen atoms in total. The second-order valence-electron chi connectivity index (χ2n) is 4.83. The zero-order valence-electron chi connectivity index (χ0n) is 11.8. The van der Waals surface area contributed by atoms with Gasteiger partial charge in [0.05, 0.1) is 6.42 Å². The normalized spacial score (nSPS) is 10.1. The van der Waals surface area contributed by atoms with Crippen molar-refractivity contribution in [1.82, 2.24) is 5.32 Å². The number of nitrogens with zero attached hydrogens (tertiary/aromatic N) is 3. The molecule has 2 rings (SSSR count). The summed E-state index contributed by atoms with van der Waals surface area (Å²) >= 11 is 0. The van der Waals surface area contributed by atoms with Crippen LogP contribution in [0.4, 0.5) is 0 Å². The van der Waals surface area contributed by atoms with Crippen molar-refractivity contribution >= 4 is 16.7 Å². The Labute approximate surface area is 123 Å². The standard InChI is InChI=1S/C16H18N4O/c17-20-19-11-4-3-10-18-16(21)12-14-8-5-7-13-6-1-2-9-15(13)14/h1-2,5-9H,3-4,10-12H2,(H,18,21). The van der Waals surface area contributed by atoms with E-state index in [4.69, 9.17) is 5.53 Å². The SMILES string of the molecule is [N-]=[N+]=NCCCCNC(=O)Cc1cccc2ccccc12. The molecule has 0 saturated heterocycles. The maximum Gasteiger partial charge on any atom is 0.224 e. The highest BCUT2D eigenvalue weighted by Gasteiger charge is 2.06. The fraction of sp³-hybridized carbons (Fsp3) is 0.312. The minimum atomic E-state index is 0.0233. The molecule has 21 heavy (non-hydrogen) atoms. The summed E-state index contributed by atoms with van der Waals surface area (Å²) in [4.78, 5) is 14.6. The van der Waals surface area contributed by atoms with Gasteiger partial charge in [0.2, 0.25) is 5.91 Å². The molecule has 108 valence electrons. The van der Waals surface area contributed by atoms with Crippen molar-refractivity contribution in [2.75, 3.05) is 13.1 Å². The number of carbonyl (C=O) groups is 1.